The minimum absolute atomic E-state index is 0.127. The third-order valence-corrected chi connectivity index (χ3v) is 4.59. The van der Waals surface area contributed by atoms with E-state index in [1.165, 1.54) is 12.1 Å². The molecule has 0 radical (unpaired) electrons. The van der Waals surface area contributed by atoms with Crippen molar-refractivity contribution in [2.75, 3.05) is 6.61 Å². The van der Waals surface area contributed by atoms with Gasteiger partial charge in [0.15, 0.2) is 0 Å². The molecule has 3 rings (SSSR count). The summed E-state index contributed by atoms with van der Waals surface area (Å²) in [4.78, 5) is 15.3. The van der Waals surface area contributed by atoms with E-state index >= 15 is 0 Å². The van der Waals surface area contributed by atoms with Crippen LogP contribution in [-0.4, -0.2) is 45.1 Å². The maximum Gasteiger partial charge on any atom is 0.305 e. The van der Waals surface area contributed by atoms with Gasteiger partial charge in [-0.3, -0.25) is 4.79 Å². The van der Waals surface area contributed by atoms with Gasteiger partial charge in [-0.15, -0.1) is 0 Å². The molecule has 0 saturated carbocycles. The van der Waals surface area contributed by atoms with E-state index in [2.05, 4.69) is 4.98 Å². The molecule has 0 amide bonds. The topological polar surface area (TPSA) is 99.9 Å². The highest BCUT2D eigenvalue weighted by Gasteiger charge is 2.19. The van der Waals surface area contributed by atoms with E-state index < -0.39 is 24.6 Å². The molecule has 0 aliphatic rings. The number of rotatable bonds is 8. The molecule has 1 heterocycles. The van der Waals surface area contributed by atoms with Crippen molar-refractivity contribution in [1.29, 1.82) is 0 Å². The van der Waals surface area contributed by atoms with Crippen molar-refractivity contribution in [3.63, 3.8) is 0 Å². The monoisotopic (exact) mass is 399 g/mol. The zero-order valence-electron chi connectivity index (χ0n) is 15.9. The van der Waals surface area contributed by atoms with E-state index in [1.807, 2.05) is 31.2 Å². The number of halogens is 1. The van der Waals surface area contributed by atoms with Crippen LogP contribution in [0.3, 0.4) is 0 Å². The van der Waals surface area contributed by atoms with Crippen LogP contribution >= 0.6 is 0 Å². The standard InChI is InChI=1S/C22H22FNO5/c1-13-18-4-2-3-5-19(18)24-21(14-6-8-15(23)9-7-14)22(13)29-12-17(26)10-16(25)11-20(27)28/h2-9,16-17,25-26H,10-12H2,1H3,(H,27,28)/t16-,17?/m1/s1. The number of carboxylic acids is 1. The van der Waals surface area contributed by atoms with Gasteiger partial charge >= 0.3 is 5.97 Å². The Morgan fingerprint density at radius 1 is 1.10 bits per heavy atom. The largest absolute Gasteiger partial charge is 0.488 e. The van der Waals surface area contributed by atoms with Gasteiger partial charge in [0.25, 0.3) is 0 Å². The fourth-order valence-corrected chi connectivity index (χ4v) is 3.19. The minimum atomic E-state index is -1.17. The highest BCUT2D eigenvalue weighted by Crippen LogP contribution is 2.36. The molecule has 0 bridgehead atoms. The first-order valence-electron chi connectivity index (χ1n) is 9.21. The van der Waals surface area contributed by atoms with Crippen LogP contribution in [0.15, 0.2) is 48.5 Å². The molecule has 152 valence electrons. The summed E-state index contributed by atoms with van der Waals surface area (Å²) >= 11 is 0. The predicted molar refractivity (Wildman–Crippen MR) is 106 cm³/mol. The van der Waals surface area contributed by atoms with Crippen LogP contribution in [0, 0.1) is 12.7 Å². The van der Waals surface area contributed by atoms with Crippen LogP contribution in [0.4, 0.5) is 4.39 Å². The van der Waals surface area contributed by atoms with E-state index in [-0.39, 0.29) is 18.8 Å². The second-order valence-electron chi connectivity index (χ2n) is 6.89. The molecule has 1 unspecified atom stereocenters. The summed E-state index contributed by atoms with van der Waals surface area (Å²) in [6.07, 6.45) is -2.80. The lowest BCUT2D eigenvalue weighted by Crippen LogP contribution is -2.25. The average Bonchev–Trinajstić information content (AvgIpc) is 2.67. The first-order chi connectivity index (χ1) is 13.8. The Morgan fingerprint density at radius 3 is 2.48 bits per heavy atom. The number of fused-ring (bicyclic) bond motifs is 1. The van der Waals surface area contributed by atoms with Gasteiger partial charge in [0.2, 0.25) is 0 Å². The van der Waals surface area contributed by atoms with Gasteiger partial charge in [-0.05, 0) is 37.3 Å². The van der Waals surface area contributed by atoms with Crippen LogP contribution in [0.5, 0.6) is 5.75 Å². The second kappa shape index (κ2) is 8.98. The molecule has 0 spiro atoms. The van der Waals surface area contributed by atoms with Crippen molar-refractivity contribution in [1.82, 2.24) is 4.98 Å². The van der Waals surface area contributed by atoms with Crippen molar-refractivity contribution in [2.45, 2.75) is 32.0 Å². The summed E-state index contributed by atoms with van der Waals surface area (Å²) in [5.41, 5.74) is 2.75. The third kappa shape index (κ3) is 5.07. The van der Waals surface area contributed by atoms with Crippen LogP contribution in [0.25, 0.3) is 22.2 Å². The Balaban J connectivity index is 1.90. The predicted octanol–water partition coefficient (Wildman–Crippen LogP) is 3.31. The molecule has 3 N–H and O–H groups in total. The van der Waals surface area contributed by atoms with Crippen molar-refractivity contribution in [3.05, 3.63) is 59.9 Å². The van der Waals surface area contributed by atoms with Crippen LogP contribution in [-0.2, 0) is 4.79 Å². The van der Waals surface area contributed by atoms with Crippen molar-refractivity contribution in [2.24, 2.45) is 0 Å². The van der Waals surface area contributed by atoms with E-state index in [1.54, 1.807) is 12.1 Å². The number of aromatic nitrogens is 1. The Kier molecular flexibility index (Phi) is 6.41. The Morgan fingerprint density at radius 2 is 1.79 bits per heavy atom. The summed E-state index contributed by atoms with van der Waals surface area (Å²) < 4.78 is 19.2. The molecular formula is C22H22FNO5. The van der Waals surface area contributed by atoms with Gasteiger partial charge < -0.3 is 20.1 Å². The van der Waals surface area contributed by atoms with Crippen molar-refractivity contribution < 1.29 is 29.2 Å². The summed E-state index contributed by atoms with van der Waals surface area (Å²) in [6, 6.07) is 13.4. The summed E-state index contributed by atoms with van der Waals surface area (Å²) in [6.45, 7) is 1.73. The summed E-state index contributed by atoms with van der Waals surface area (Å²) in [7, 11) is 0. The number of ether oxygens (including phenoxy) is 1. The maximum atomic E-state index is 13.4. The quantitative estimate of drug-likeness (QED) is 0.537. The molecule has 2 atom stereocenters. The number of benzene rings is 2. The lowest BCUT2D eigenvalue weighted by molar-refractivity contribution is -0.139. The molecule has 0 fully saturated rings. The SMILES string of the molecule is Cc1c(OCC(O)C[C@@H](O)CC(=O)O)c(-c2ccc(F)cc2)nc2ccccc12. The van der Waals surface area contributed by atoms with Crippen LogP contribution in [0.1, 0.15) is 18.4 Å². The normalized spacial score (nSPS) is 13.2. The third-order valence-electron chi connectivity index (χ3n) is 4.59. The summed E-state index contributed by atoms with van der Waals surface area (Å²) in [5.74, 6) is -1.06. The molecule has 3 aromatic rings. The van der Waals surface area contributed by atoms with Crippen molar-refractivity contribution in [3.8, 4) is 17.0 Å². The van der Waals surface area contributed by atoms with Gasteiger partial charge in [0.05, 0.1) is 24.1 Å². The number of nitrogens with zero attached hydrogens (tertiary/aromatic N) is 1. The number of carboxylic acid groups (broad SMARTS) is 1. The number of aliphatic hydroxyl groups is 2. The first-order valence-corrected chi connectivity index (χ1v) is 9.21. The lowest BCUT2D eigenvalue weighted by atomic mass is 10.0. The molecule has 0 aliphatic carbocycles. The number of aliphatic hydroxyl groups excluding tert-OH is 2. The zero-order valence-corrected chi connectivity index (χ0v) is 15.9. The second-order valence-corrected chi connectivity index (χ2v) is 6.89. The van der Waals surface area contributed by atoms with Gasteiger partial charge in [-0.1, -0.05) is 18.2 Å². The molecule has 2 aromatic carbocycles. The molecular weight excluding hydrogens is 377 g/mol. The average molecular weight is 399 g/mol. The van der Waals surface area contributed by atoms with Gasteiger partial charge in [0, 0.05) is 22.9 Å². The Hall–Kier alpha value is -3.03. The highest BCUT2D eigenvalue weighted by molar-refractivity contribution is 5.88. The maximum absolute atomic E-state index is 13.4. The number of carbonyl (C=O) groups is 1. The zero-order chi connectivity index (χ0) is 21.0. The Labute approximate surface area is 167 Å². The minimum Gasteiger partial charge on any atom is -0.488 e. The van der Waals surface area contributed by atoms with Gasteiger partial charge in [0.1, 0.15) is 23.9 Å². The van der Waals surface area contributed by atoms with Gasteiger partial charge in [-0.25, -0.2) is 9.37 Å². The number of hydrogen-bond acceptors (Lipinski definition) is 5. The first kappa shape index (κ1) is 20.7. The molecule has 0 aliphatic heterocycles. The number of hydrogen-bond donors (Lipinski definition) is 3. The van der Waals surface area contributed by atoms with Gasteiger partial charge in [-0.2, -0.15) is 0 Å². The van der Waals surface area contributed by atoms with E-state index in [9.17, 15) is 19.4 Å². The summed E-state index contributed by atoms with van der Waals surface area (Å²) in [5, 5.41) is 29.4. The lowest BCUT2D eigenvalue weighted by Gasteiger charge is -2.19. The molecule has 29 heavy (non-hydrogen) atoms. The highest BCUT2D eigenvalue weighted by atomic mass is 19.1. The molecule has 0 saturated heterocycles. The van der Waals surface area contributed by atoms with Crippen molar-refractivity contribution >= 4 is 16.9 Å². The Bertz CT molecular complexity index is 1010. The fourth-order valence-electron chi connectivity index (χ4n) is 3.19. The van der Waals surface area contributed by atoms with E-state index in [4.69, 9.17) is 9.84 Å². The molecule has 1 aromatic heterocycles. The fraction of sp³-hybridized carbons (Fsp3) is 0.273. The number of aliphatic carboxylic acids is 1. The molecule has 7 heteroatoms. The number of aryl methyl sites for hydroxylation is 1. The van der Waals surface area contributed by atoms with Crippen LogP contribution in [0.2, 0.25) is 0 Å². The van der Waals surface area contributed by atoms with Crippen LogP contribution < -0.4 is 4.74 Å². The van der Waals surface area contributed by atoms with E-state index in [0.717, 1.165) is 16.5 Å². The molecule has 6 nitrogen and oxygen atoms in total. The number of para-hydroxylation sites is 1. The smallest absolute Gasteiger partial charge is 0.305 e. The number of pyridine rings is 1. The van der Waals surface area contributed by atoms with E-state index in [0.29, 0.717) is 17.0 Å².